The van der Waals surface area contributed by atoms with Crippen LogP contribution in [0.2, 0.25) is 0 Å². The number of hydrogen-bond donors (Lipinski definition) is 3. The van der Waals surface area contributed by atoms with E-state index in [0.717, 1.165) is 6.29 Å². The maximum absolute atomic E-state index is 10.0. The molecule has 0 saturated carbocycles. The fourth-order valence-corrected chi connectivity index (χ4v) is 0.684. The van der Waals surface area contributed by atoms with Crippen LogP contribution in [0.25, 0.3) is 0 Å². The Balaban J connectivity index is 4.10. The van der Waals surface area contributed by atoms with Crippen LogP contribution in [0.15, 0.2) is 11.5 Å². The molecule has 0 heterocycles. The van der Waals surface area contributed by atoms with E-state index in [0.29, 0.717) is 18.1 Å². The van der Waals surface area contributed by atoms with Gasteiger partial charge < -0.3 is 25.9 Å². The molecule has 0 rings (SSSR count). The molecular weight excluding hydrogens is 158 g/mol. The van der Waals surface area contributed by atoms with Crippen molar-refractivity contribution in [3.8, 4) is 0 Å². The quantitative estimate of drug-likeness (QED) is 0.438. The third kappa shape index (κ3) is 3.82. The van der Waals surface area contributed by atoms with Crippen molar-refractivity contribution in [1.82, 2.24) is 10.6 Å². The van der Waals surface area contributed by atoms with Crippen LogP contribution < -0.4 is 16.4 Å². The molecule has 0 unspecified atom stereocenters. The molecule has 5 heteroatoms. The SMILES string of the molecule is CN/C(N)=C(\COC)NCC=O. The standard InChI is InChI=1S/C7H15N3O2/c1-9-7(8)6(5-12-2)10-3-4-11/h4,9-10H,3,5,8H2,1-2H3/b7-6+. The molecule has 0 aliphatic carbocycles. The molecule has 4 N–H and O–H groups in total. The third-order valence-corrected chi connectivity index (χ3v) is 1.28. The predicted molar refractivity (Wildman–Crippen MR) is 46.2 cm³/mol. The van der Waals surface area contributed by atoms with Gasteiger partial charge in [-0.3, -0.25) is 0 Å². The Hall–Kier alpha value is -1.23. The largest absolute Gasteiger partial charge is 0.384 e. The van der Waals surface area contributed by atoms with Crippen LogP contribution in [0, 0.1) is 0 Å². The van der Waals surface area contributed by atoms with Crippen LogP contribution >= 0.6 is 0 Å². The molecule has 0 saturated heterocycles. The van der Waals surface area contributed by atoms with Crippen LogP contribution in [-0.2, 0) is 9.53 Å². The van der Waals surface area contributed by atoms with Crippen molar-refractivity contribution >= 4 is 6.29 Å². The number of carbonyl (C=O) groups is 1. The first-order valence-corrected chi connectivity index (χ1v) is 3.59. The van der Waals surface area contributed by atoms with Crippen LogP contribution in [0.1, 0.15) is 0 Å². The van der Waals surface area contributed by atoms with Crippen molar-refractivity contribution in [1.29, 1.82) is 0 Å². The van der Waals surface area contributed by atoms with E-state index >= 15 is 0 Å². The van der Waals surface area contributed by atoms with E-state index in [1.54, 1.807) is 14.2 Å². The summed E-state index contributed by atoms with van der Waals surface area (Å²) >= 11 is 0. The van der Waals surface area contributed by atoms with E-state index in [9.17, 15) is 4.79 Å². The Bertz CT molecular complexity index is 168. The molecule has 12 heavy (non-hydrogen) atoms. The Morgan fingerprint density at radius 2 is 2.33 bits per heavy atom. The van der Waals surface area contributed by atoms with Gasteiger partial charge in [-0.25, -0.2) is 0 Å². The number of carbonyl (C=O) groups excluding carboxylic acids is 1. The molecule has 0 atom stereocenters. The maximum atomic E-state index is 10.0. The van der Waals surface area contributed by atoms with Crippen molar-refractivity contribution < 1.29 is 9.53 Å². The molecule has 0 aliphatic heterocycles. The van der Waals surface area contributed by atoms with Crippen molar-refractivity contribution in [2.24, 2.45) is 5.73 Å². The van der Waals surface area contributed by atoms with Crippen molar-refractivity contribution in [3.63, 3.8) is 0 Å². The summed E-state index contributed by atoms with van der Waals surface area (Å²) in [6.07, 6.45) is 0.762. The van der Waals surface area contributed by atoms with Gasteiger partial charge in [-0.1, -0.05) is 0 Å². The molecule has 0 radical (unpaired) electrons. The summed E-state index contributed by atoms with van der Waals surface area (Å²) in [4.78, 5) is 10.0. The van der Waals surface area contributed by atoms with Crippen molar-refractivity contribution in [2.75, 3.05) is 27.3 Å². The number of rotatable bonds is 6. The fraction of sp³-hybridized carbons (Fsp3) is 0.571. The highest BCUT2D eigenvalue weighted by atomic mass is 16.5. The highest BCUT2D eigenvalue weighted by Crippen LogP contribution is 1.90. The maximum Gasteiger partial charge on any atom is 0.139 e. The lowest BCUT2D eigenvalue weighted by Gasteiger charge is -2.11. The highest BCUT2D eigenvalue weighted by molar-refractivity contribution is 5.52. The summed E-state index contributed by atoms with van der Waals surface area (Å²) in [5.41, 5.74) is 6.24. The number of hydrogen-bond acceptors (Lipinski definition) is 5. The molecule has 0 aromatic carbocycles. The van der Waals surface area contributed by atoms with E-state index in [1.807, 2.05) is 0 Å². The monoisotopic (exact) mass is 173 g/mol. The van der Waals surface area contributed by atoms with Gasteiger partial charge in [0, 0.05) is 14.2 Å². The molecular formula is C7H15N3O2. The van der Waals surface area contributed by atoms with Crippen LogP contribution in [-0.4, -0.2) is 33.6 Å². The van der Waals surface area contributed by atoms with Gasteiger partial charge in [0.1, 0.15) is 12.1 Å². The Kier molecular flexibility index (Phi) is 5.81. The summed E-state index contributed by atoms with van der Waals surface area (Å²) in [5, 5.41) is 5.58. The molecule has 0 aromatic rings. The van der Waals surface area contributed by atoms with Crippen molar-refractivity contribution in [2.45, 2.75) is 0 Å². The molecule has 0 bridgehead atoms. The average molecular weight is 173 g/mol. The fourth-order valence-electron chi connectivity index (χ4n) is 0.684. The predicted octanol–water partition coefficient (Wildman–Crippen LogP) is -1.23. The first-order chi connectivity index (χ1) is 5.76. The van der Waals surface area contributed by atoms with Crippen molar-refractivity contribution in [3.05, 3.63) is 11.5 Å². The van der Waals surface area contributed by atoms with E-state index in [4.69, 9.17) is 10.5 Å². The van der Waals surface area contributed by atoms with Gasteiger partial charge in [0.15, 0.2) is 0 Å². The molecule has 0 amide bonds. The van der Waals surface area contributed by atoms with E-state index in [2.05, 4.69) is 10.6 Å². The Morgan fingerprint density at radius 3 is 2.75 bits per heavy atom. The molecule has 70 valence electrons. The summed E-state index contributed by atoms with van der Waals surface area (Å²) in [6.45, 7) is 0.599. The lowest BCUT2D eigenvalue weighted by molar-refractivity contribution is -0.107. The first kappa shape index (κ1) is 10.8. The molecule has 0 fully saturated rings. The number of nitrogens with two attached hydrogens (primary N) is 1. The number of nitrogens with one attached hydrogen (secondary N) is 2. The minimum absolute atomic E-state index is 0.237. The number of ether oxygens (including phenoxy) is 1. The molecule has 0 spiro atoms. The van der Waals surface area contributed by atoms with E-state index in [-0.39, 0.29) is 6.54 Å². The normalized spacial score (nSPS) is 11.8. The zero-order valence-corrected chi connectivity index (χ0v) is 7.39. The summed E-state index contributed by atoms with van der Waals surface area (Å²) in [5.74, 6) is 0.485. The number of aldehydes is 1. The summed E-state index contributed by atoms with van der Waals surface area (Å²) < 4.78 is 4.87. The third-order valence-electron chi connectivity index (χ3n) is 1.28. The topological polar surface area (TPSA) is 76.4 Å². The first-order valence-electron chi connectivity index (χ1n) is 3.59. The zero-order valence-electron chi connectivity index (χ0n) is 7.39. The second-order valence-electron chi connectivity index (χ2n) is 2.12. The summed E-state index contributed by atoms with van der Waals surface area (Å²) in [7, 11) is 3.26. The van der Waals surface area contributed by atoms with E-state index < -0.39 is 0 Å². The molecule has 5 nitrogen and oxygen atoms in total. The van der Waals surface area contributed by atoms with Crippen LogP contribution in [0.3, 0.4) is 0 Å². The van der Waals surface area contributed by atoms with Gasteiger partial charge in [0.2, 0.25) is 0 Å². The zero-order chi connectivity index (χ0) is 9.40. The molecule has 0 aromatic heterocycles. The van der Waals surface area contributed by atoms with Gasteiger partial charge >= 0.3 is 0 Å². The van der Waals surface area contributed by atoms with Gasteiger partial charge in [0.25, 0.3) is 0 Å². The van der Waals surface area contributed by atoms with Gasteiger partial charge in [0.05, 0.1) is 18.8 Å². The second kappa shape index (κ2) is 6.48. The van der Waals surface area contributed by atoms with Gasteiger partial charge in [-0.05, 0) is 0 Å². The number of methoxy groups -OCH3 is 1. The minimum atomic E-state index is 0.237. The van der Waals surface area contributed by atoms with Gasteiger partial charge in [-0.15, -0.1) is 0 Å². The smallest absolute Gasteiger partial charge is 0.139 e. The minimum Gasteiger partial charge on any atom is -0.384 e. The van der Waals surface area contributed by atoms with E-state index in [1.165, 1.54) is 0 Å². The highest BCUT2D eigenvalue weighted by Gasteiger charge is 1.99. The van der Waals surface area contributed by atoms with Crippen LogP contribution in [0.5, 0.6) is 0 Å². The lowest BCUT2D eigenvalue weighted by Crippen LogP contribution is -2.28. The molecule has 0 aliphatic rings. The second-order valence-corrected chi connectivity index (χ2v) is 2.12. The van der Waals surface area contributed by atoms with Gasteiger partial charge in [-0.2, -0.15) is 0 Å². The Morgan fingerprint density at radius 1 is 1.67 bits per heavy atom. The Labute approximate surface area is 72.0 Å². The van der Waals surface area contributed by atoms with Crippen LogP contribution in [0.4, 0.5) is 0 Å². The lowest BCUT2D eigenvalue weighted by atomic mass is 10.4. The summed E-state index contributed by atoms with van der Waals surface area (Å²) in [6, 6.07) is 0. The average Bonchev–Trinajstić information content (AvgIpc) is 2.11.